The summed E-state index contributed by atoms with van der Waals surface area (Å²) < 4.78 is 7.05. The van der Waals surface area contributed by atoms with Crippen molar-refractivity contribution in [3.8, 4) is 11.3 Å². The average Bonchev–Trinajstić information content (AvgIpc) is 3.22. The first kappa shape index (κ1) is 20.1. The lowest BCUT2D eigenvalue weighted by Crippen LogP contribution is -2.47. The summed E-state index contributed by atoms with van der Waals surface area (Å²) in [5.74, 6) is -1.16. The lowest BCUT2D eigenvalue weighted by Gasteiger charge is -2.16. The van der Waals surface area contributed by atoms with Crippen molar-refractivity contribution in [3.05, 3.63) is 65.2 Å². The molecule has 29 heavy (non-hydrogen) atoms. The van der Waals surface area contributed by atoms with Gasteiger partial charge in [-0.3, -0.25) is 19.1 Å². The Hall–Kier alpha value is -3.68. The number of amides is 2. The van der Waals surface area contributed by atoms with Gasteiger partial charge in [0.1, 0.15) is 23.3 Å². The smallest absolute Gasteiger partial charge is 0.287 e. The van der Waals surface area contributed by atoms with E-state index in [9.17, 15) is 14.4 Å². The first-order valence-corrected chi connectivity index (χ1v) is 9.05. The Morgan fingerprint density at radius 1 is 1.21 bits per heavy atom. The molecule has 0 bridgehead atoms. The van der Waals surface area contributed by atoms with Gasteiger partial charge in [-0.15, -0.1) is 0 Å². The van der Waals surface area contributed by atoms with E-state index < -0.39 is 23.6 Å². The number of nitrogens with two attached hydrogens (primary N) is 1. The van der Waals surface area contributed by atoms with Gasteiger partial charge in [0.2, 0.25) is 5.78 Å². The molecule has 0 aliphatic heterocycles. The van der Waals surface area contributed by atoms with Crippen LogP contribution in [-0.4, -0.2) is 33.4 Å². The largest absolute Gasteiger partial charge is 0.466 e. The van der Waals surface area contributed by atoms with E-state index in [2.05, 4.69) is 10.4 Å². The number of carbonyl (C=O) groups excluding carboxylic acids is 3. The van der Waals surface area contributed by atoms with Crippen LogP contribution in [0.25, 0.3) is 11.3 Å². The summed E-state index contributed by atoms with van der Waals surface area (Å²) in [6.45, 7) is 3.59. The van der Waals surface area contributed by atoms with Crippen LogP contribution in [0.3, 0.4) is 0 Å². The summed E-state index contributed by atoms with van der Waals surface area (Å²) in [7, 11) is 1.69. The Labute approximate surface area is 167 Å². The molecule has 150 valence electrons. The molecule has 3 rings (SSSR count). The molecular weight excluding hydrogens is 372 g/mol. The molecule has 3 aromatic rings. The standard InChI is InChI=1S/C21H22N4O4/c1-12-9-15(13(2)29-12)18-16(11-25(3)24-18)21(28)23-17(19(26)20(22)27)10-14-7-5-4-6-8-14/h4-9,11,17H,10H2,1-3H3,(H2,22,27)(H,23,28). The zero-order chi connectivity index (χ0) is 21.1. The minimum absolute atomic E-state index is 0.147. The Morgan fingerprint density at radius 3 is 2.48 bits per heavy atom. The van der Waals surface area contributed by atoms with E-state index in [4.69, 9.17) is 10.2 Å². The normalized spacial score (nSPS) is 11.8. The van der Waals surface area contributed by atoms with Crippen LogP contribution in [0.2, 0.25) is 0 Å². The molecule has 1 aromatic carbocycles. The molecule has 0 aliphatic rings. The topological polar surface area (TPSA) is 120 Å². The molecule has 0 saturated carbocycles. The highest BCUT2D eigenvalue weighted by Gasteiger charge is 2.28. The Bertz CT molecular complexity index is 1070. The Balaban J connectivity index is 1.91. The van der Waals surface area contributed by atoms with Gasteiger partial charge in [-0.2, -0.15) is 5.10 Å². The van der Waals surface area contributed by atoms with Gasteiger partial charge < -0.3 is 15.5 Å². The Morgan fingerprint density at radius 2 is 1.90 bits per heavy atom. The molecule has 0 fully saturated rings. The maximum Gasteiger partial charge on any atom is 0.287 e. The van der Waals surface area contributed by atoms with Crippen LogP contribution in [0.15, 0.2) is 47.0 Å². The molecule has 1 atom stereocenters. The molecule has 1 unspecified atom stereocenters. The highest BCUT2D eigenvalue weighted by Crippen LogP contribution is 2.28. The van der Waals surface area contributed by atoms with Crippen LogP contribution in [-0.2, 0) is 23.1 Å². The third kappa shape index (κ3) is 4.43. The van der Waals surface area contributed by atoms with Gasteiger partial charge in [0.15, 0.2) is 0 Å². The fourth-order valence-electron chi connectivity index (χ4n) is 3.19. The van der Waals surface area contributed by atoms with Crippen LogP contribution in [0.4, 0.5) is 0 Å². The Kier molecular flexibility index (Phi) is 5.63. The number of carbonyl (C=O) groups is 3. The zero-order valence-electron chi connectivity index (χ0n) is 16.4. The number of furan rings is 1. The fraction of sp³-hybridized carbons (Fsp3) is 0.238. The summed E-state index contributed by atoms with van der Waals surface area (Å²) in [5.41, 5.74) is 7.37. The second-order valence-corrected chi connectivity index (χ2v) is 6.84. The van der Waals surface area contributed by atoms with Crippen molar-refractivity contribution in [1.82, 2.24) is 15.1 Å². The summed E-state index contributed by atoms with van der Waals surface area (Å²) in [4.78, 5) is 36.8. The fourth-order valence-corrected chi connectivity index (χ4v) is 3.19. The number of aromatic nitrogens is 2. The number of aryl methyl sites for hydroxylation is 3. The van der Waals surface area contributed by atoms with Crippen molar-refractivity contribution < 1.29 is 18.8 Å². The van der Waals surface area contributed by atoms with Gasteiger partial charge in [-0.1, -0.05) is 30.3 Å². The van der Waals surface area contributed by atoms with Crippen molar-refractivity contribution in [3.63, 3.8) is 0 Å². The number of benzene rings is 1. The molecule has 2 amide bonds. The van der Waals surface area contributed by atoms with Crippen molar-refractivity contribution in [2.45, 2.75) is 26.3 Å². The zero-order valence-corrected chi connectivity index (χ0v) is 16.4. The third-order valence-corrected chi connectivity index (χ3v) is 4.52. The molecule has 8 nitrogen and oxygen atoms in total. The van der Waals surface area contributed by atoms with Gasteiger partial charge in [-0.25, -0.2) is 0 Å². The van der Waals surface area contributed by atoms with Gasteiger partial charge in [0.25, 0.3) is 11.8 Å². The van der Waals surface area contributed by atoms with E-state index in [1.807, 2.05) is 18.2 Å². The van der Waals surface area contributed by atoms with Crippen LogP contribution in [0.1, 0.15) is 27.4 Å². The van der Waals surface area contributed by atoms with E-state index in [1.54, 1.807) is 45.3 Å². The van der Waals surface area contributed by atoms with Gasteiger partial charge >= 0.3 is 0 Å². The number of nitrogens with zero attached hydrogens (tertiary/aromatic N) is 2. The summed E-state index contributed by atoms with van der Waals surface area (Å²) >= 11 is 0. The molecular formula is C21H22N4O4. The highest BCUT2D eigenvalue weighted by atomic mass is 16.3. The van der Waals surface area contributed by atoms with E-state index in [-0.39, 0.29) is 12.0 Å². The predicted molar refractivity (Wildman–Crippen MR) is 106 cm³/mol. The van der Waals surface area contributed by atoms with E-state index in [0.29, 0.717) is 22.8 Å². The van der Waals surface area contributed by atoms with Crippen LogP contribution in [0, 0.1) is 13.8 Å². The molecule has 0 saturated heterocycles. The first-order valence-electron chi connectivity index (χ1n) is 9.05. The minimum atomic E-state index is -1.10. The van der Waals surface area contributed by atoms with Crippen LogP contribution < -0.4 is 11.1 Å². The van der Waals surface area contributed by atoms with Crippen LogP contribution >= 0.6 is 0 Å². The lowest BCUT2D eigenvalue weighted by atomic mass is 10.0. The van der Waals surface area contributed by atoms with E-state index in [1.165, 1.54) is 4.68 Å². The van der Waals surface area contributed by atoms with Crippen molar-refractivity contribution >= 4 is 17.6 Å². The number of hydrogen-bond donors (Lipinski definition) is 2. The van der Waals surface area contributed by atoms with E-state index in [0.717, 1.165) is 5.56 Å². The van der Waals surface area contributed by atoms with Gasteiger partial charge in [0, 0.05) is 25.2 Å². The number of nitrogens with one attached hydrogen (secondary N) is 1. The minimum Gasteiger partial charge on any atom is -0.466 e. The SMILES string of the molecule is Cc1cc(-c2nn(C)cc2C(=O)NC(Cc2ccccc2)C(=O)C(N)=O)c(C)o1. The molecule has 0 spiro atoms. The second kappa shape index (κ2) is 8.14. The van der Waals surface area contributed by atoms with Gasteiger partial charge in [-0.05, 0) is 25.5 Å². The molecule has 0 radical (unpaired) electrons. The average molecular weight is 394 g/mol. The predicted octanol–water partition coefficient (Wildman–Crippen LogP) is 1.69. The van der Waals surface area contributed by atoms with Crippen molar-refractivity contribution in [2.75, 3.05) is 0 Å². The molecule has 2 aromatic heterocycles. The number of ketones is 1. The van der Waals surface area contributed by atoms with Crippen molar-refractivity contribution in [2.24, 2.45) is 12.8 Å². The summed E-state index contributed by atoms with van der Waals surface area (Å²) in [6, 6.07) is 9.79. The highest BCUT2D eigenvalue weighted by molar-refractivity contribution is 6.38. The van der Waals surface area contributed by atoms with Gasteiger partial charge in [0.05, 0.1) is 5.56 Å². The molecule has 2 heterocycles. The van der Waals surface area contributed by atoms with Crippen LogP contribution in [0.5, 0.6) is 0 Å². The third-order valence-electron chi connectivity index (χ3n) is 4.52. The summed E-state index contributed by atoms with van der Waals surface area (Å²) in [5, 5.41) is 7.01. The quantitative estimate of drug-likeness (QED) is 0.591. The number of Topliss-reactive ketones (excluding diaryl/α,β-unsaturated/α-hetero) is 1. The van der Waals surface area contributed by atoms with Crippen molar-refractivity contribution in [1.29, 1.82) is 0 Å². The molecule has 0 aliphatic carbocycles. The lowest BCUT2D eigenvalue weighted by molar-refractivity contribution is -0.137. The number of rotatable bonds is 7. The molecule has 8 heteroatoms. The number of hydrogen-bond acceptors (Lipinski definition) is 5. The second-order valence-electron chi connectivity index (χ2n) is 6.84. The van der Waals surface area contributed by atoms with E-state index >= 15 is 0 Å². The summed E-state index contributed by atoms with van der Waals surface area (Å²) in [6.07, 6.45) is 1.70. The molecule has 3 N–H and O–H groups in total. The maximum absolute atomic E-state index is 13.0. The monoisotopic (exact) mass is 394 g/mol. The maximum atomic E-state index is 13.0. The first-order chi connectivity index (χ1) is 13.8. The number of primary amides is 1.